The number of hydrogen-bond donors (Lipinski definition) is 3. The van der Waals surface area contributed by atoms with Gasteiger partial charge in [0, 0.05) is 45.1 Å². The number of carboxylic acid groups (broad SMARTS) is 1. The lowest BCUT2D eigenvalue weighted by Gasteiger charge is -2.34. The van der Waals surface area contributed by atoms with Crippen molar-refractivity contribution in [3.8, 4) is 11.1 Å². The molecule has 1 heterocycles. The van der Waals surface area contributed by atoms with E-state index in [-0.39, 0.29) is 44.0 Å². The second-order valence-corrected chi connectivity index (χ2v) is 12.9. The Hall–Kier alpha value is -4.90. The van der Waals surface area contributed by atoms with Crippen molar-refractivity contribution in [3.63, 3.8) is 0 Å². The lowest BCUT2D eigenvalue weighted by Crippen LogP contribution is -2.52. The van der Waals surface area contributed by atoms with E-state index in [0.29, 0.717) is 31.7 Å². The van der Waals surface area contributed by atoms with Crippen LogP contribution in [0.5, 0.6) is 0 Å². The quantitative estimate of drug-likeness (QED) is 0.277. The number of alkyl carbamates (subject to hydrolysis) is 1. The number of hydrogen-bond acceptors (Lipinski definition) is 7. The van der Waals surface area contributed by atoms with Crippen molar-refractivity contribution in [2.45, 2.75) is 51.3 Å². The molecule has 3 aromatic rings. The smallest absolute Gasteiger partial charge is 0.407 e. The third kappa shape index (κ3) is 8.88. The summed E-state index contributed by atoms with van der Waals surface area (Å²) in [6.07, 6.45) is -0.755. The van der Waals surface area contributed by atoms with Crippen LogP contribution in [0.4, 0.5) is 9.59 Å². The van der Waals surface area contributed by atoms with Gasteiger partial charge in [-0.2, -0.15) is 0 Å². The van der Waals surface area contributed by atoms with Gasteiger partial charge in [-0.3, -0.25) is 9.69 Å². The second-order valence-electron chi connectivity index (χ2n) is 12.9. The van der Waals surface area contributed by atoms with Crippen molar-refractivity contribution in [2.75, 3.05) is 39.3 Å². The molecule has 1 aliphatic heterocycles. The predicted molar refractivity (Wildman–Crippen MR) is 176 cm³/mol. The first-order valence-corrected chi connectivity index (χ1v) is 15.9. The highest BCUT2D eigenvalue weighted by Gasteiger charge is 2.30. The zero-order chi connectivity index (χ0) is 33.6. The Morgan fingerprint density at radius 3 is 2.11 bits per heavy atom. The zero-order valence-electron chi connectivity index (χ0n) is 27.0. The second kappa shape index (κ2) is 14.7. The van der Waals surface area contributed by atoms with Gasteiger partial charge in [-0.25, -0.2) is 14.4 Å². The van der Waals surface area contributed by atoms with Gasteiger partial charge in [0.15, 0.2) is 0 Å². The van der Waals surface area contributed by atoms with Gasteiger partial charge < -0.3 is 30.1 Å². The normalized spacial score (nSPS) is 15.3. The van der Waals surface area contributed by atoms with Crippen LogP contribution in [0.3, 0.4) is 0 Å². The molecule has 3 N–H and O–H groups in total. The van der Waals surface area contributed by atoms with E-state index >= 15 is 0 Å². The number of carbonyl (C=O) groups is 4. The largest absolute Gasteiger partial charge is 0.480 e. The molecule has 0 saturated carbocycles. The van der Waals surface area contributed by atoms with Crippen molar-refractivity contribution in [3.05, 3.63) is 95.1 Å². The molecule has 1 atom stereocenters. The molecule has 1 aliphatic carbocycles. The van der Waals surface area contributed by atoms with E-state index < -0.39 is 23.7 Å². The van der Waals surface area contributed by atoms with Gasteiger partial charge >= 0.3 is 24.1 Å². The predicted octanol–water partition coefficient (Wildman–Crippen LogP) is 4.39. The maximum atomic E-state index is 12.8. The number of piperazine rings is 1. The molecule has 0 radical (unpaired) electrons. The summed E-state index contributed by atoms with van der Waals surface area (Å²) in [5, 5.41) is 15.3. The van der Waals surface area contributed by atoms with Crippen LogP contribution in [0.2, 0.25) is 0 Å². The molecule has 1 fully saturated rings. The number of amides is 3. The summed E-state index contributed by atoms with van der Waals surface area (Å²) in [6.45, 7) is 8.11. The first kappa shape index (κ1) is 33.5. The number of carbonyl (C=O) groups excluding carboxylic acids is 3. The summed E-state index contributed by atoms with van der Waals surface area (Å²) in [7, 11) is 0. The highest BCUT2D eigenvalue weighted by molar-refractivity contribution is 5.81. The molecular weight excluding hydrogens is 600 g/mol. The van der Waals surface area contributed by atoms with E-state index in [4.69, 9.17) is 9.47 Å². The summed E-state index contributed by atoms with van der Waals surface area (Å²) in [5.41, 5.74) is 5.30. The Morgan fingerprint density at radius 2 is 1.49 bits per heavy atom. The van der Waals surface area contributed by atoms with Crippen LogP contribution < -0.4 is 10.6 Å². The molecule has 11 heteroatoms. The number of fused-ring (bicyclic) bond motifs is 3. The van der Waals surface area contributed by atoms with Crippen LogP contribution in [0, 0.1) is 0 Å². The maximum Gasteiger partial charge on any atom is 0.407 e. The summed E-state index contributed by atoms with van der Waals surface area (Å²) in [6, 6.07) is 21.8. The third-order valence-electron chi connectivity index (χ3n) is 8.24. The number of esters is 1. The van der Waals surface area contributed by atoms with E-state index in [1.165, 1.54) is 0 Å². The molecular formula is C36H42N4O7. The molecule has 11 nitrogen and oxygen atoms in total. The first-order valence-electron chi connectivity index (χ1n) is 15.9. The molecule has 248 valence electrons. The fraction of sp³-hybridized carbons (Fsp3) is 0.389. The summed E-state index contributed by atoms with van der Waals surface area (Å²) >= 11 is 0. The van der Waals surface area contributed by atoms with Crippen LogP contribution in [0.25, 0.3) is 11.1 Å². The summed E-state index contributed by atoms with van der Waals surface area (Å²) in [5.74, 6) is -1.60. The van der Waals surface area contributed by atoms with E-state index in [1.54, 1.807) is 17.0 Å². The van der Waals surface area contributed by atoms with Crippen molar-refractivity contribution in [1.29, 1.82) is 0 Å². The van der Waals surface area contributed by atoms with Crippen molar-refractivity contribution < 1.29 is 33.8 Å². The van der Waals surface area contributed by atoms with Gasteiger partial charge in [0.1, 0.15) is 18.2 Å². The Balaban J connectivity index is 1.09. The molecule has 3 aromatic carbocycles. The third-order valence-corrected chi connectivity index (χ3v) is 8.24. The number of carboxylic acids is 1. The molecule has 3 amide bonds. The van der Waals surface area contributed by atoms with Gasteiger partial charge in [-0.1, -0.05) is 72.8 Å². The Labute approximate surface area is 274 Å². The minimum atomic E-state index is -1.20. The van der Waals surface area contributed by atoms with Crippen molar-refractivity contribution in [1.82, 2.24) is 20.4 Å². The Bertz CT molecular complexity index is 1570. The van der Waals surface area contributed by atoms with Gasteiger partial charge in [0.25, 0.3) is 0 Å². The van der Waals surface area contributed by atoms with Crippen molar-refractivity contribution >= 4 is 24.1 Å². The average Bonchev–Trinajstić information content (AvgIpc) is 3.35. The molecule has 5 rings (SSSR count). The standard InChI is InChI=1S/C36H42N4O7/c1-36(2,3)47-32(41)22-39-15-17-40(18-16-39)34(44)37-21-25-10-8-9-24(19-25)20-31(33(42)43)38-35(45)46-23-30-28-13-6-4-11-26(28)27-12-5-7-14-29(27)30/h4-14,19,30-31H,15-18,20-23H2,1-3H3,(H,37,44)(H,38,45)(H,42,43)/t31-/m0/s1. The number of nitrogens with one attached hydrogen (secondary N) is 2. The van der Waals surface area contributed by atoms with Crippen LogP contribution in [-0.2, 0) is 32.0 Å². The zero-order valence-corrected chi connectivity index (χ0v) is 27.0. The van der Waals surface area contributed by atoms with Crippen LogP contribution in [0.1, 0.15) is 48.9 Å². The van der Waals surface area contributed by atoms with Crippen LogP contribution in [0.15, 0.2) is 72.8 Å². The van der Waals surface area contributed by atoms with Crippen LogP contribution >= 0.6 is 0 Å². The maximum absolute atomic E-state index is 12.8. The lowest BCUT2D eigenvalue weighted by molar-refractivity contribution is -0.156. The minimum Gasteiger partial charge on any atom is -0.480 e. The van der Waals surface area contributed by atoms with Gasteiger partial charge in [0.05, 0.1) is 6.54 Å². The topological polar surface area (TPSA) is 138 Å². The number of nitrogens with zero attached hydrogens (tertiary/aromatic N) is 2. The van der Waals surface area contributed by atoms with Crippen molar-refractivity contribution in [2.24, 2.45) is 0 Å². The molecule has 0 bridgehead atoms. The lowest BCUT2D eigenvalue weighted by atomic mass is 9.98. The number of ether oxygens (including phenoxy) is 2. The van der Waals surface area contributed by atoms with E-state index in [2.05, 4.69) is 10.6 Å². The molecule has 0 aromatic heterocycles. The molecule has 1 saturated heterocycles. The Morgan fingerprint density at radius 1 is 0.872 bits per heavy atom. The average molecular weight is 643 g/mol. The van der Waals surface area contributed by atoms with Crippen LogP contribution in [-0.4, -0.2) is 89.9 Å². The number of urea groups is 1. The van der Waals surface area contributed by atoms with E-state index in [1.807, 2.05) is 86.3 Å². The minimum absolute atomic E-state index is 0.0426. The number of benzene rings is 3. The summed E-state index contributed by atoms with van der Waals surface area (Å²) < 4.78 is 10.9. The number of aliphatic carboxylic acids is 1. The molecule has 0 unspecified atom stereocenters. The van der Waals surface area contributed by atoms with E-state index in [9.17, 15) is 24.3 Å². The molecule has 0 spiro atoms. The van der Waals surface area contributed by atoms with Gasteiger partial charge in [-0.05, 0) is 54.2 Å². The fourth-order valence-electron chi connectivity index (χ4n) is 6.04. The van der Waals surface area contributed by atoms with Gasteiger partial charge in [0.2, 0.25) is 0 Å². The molecule has 2 aliphatic rings. The number of rotatable bonds is 10. The Kier molecular flexibility index (Phi) is 10.5. The highest BCUT2D eigenvalue weighted by Crippen LogP contribution is 2.44. The molecule has 47 heavy (non-hydrogen) atoms. The van der Waals surface area contributed by atoms with E-state index in [0.717, 1.165) is 27.8 Å². The monoisotopic (exact) mass is 642 g/mol. The highest BCUT2D eigenvalue weighted by atomic mass is 16.6. The first-order chi connectivity index (χ1) is 22.5. The summed E-state index contributed by atoms with van der Waals surface area (Å²) in [4.78, 5) is 53.5. The van der Waals surface area contributed by atoms with Gasteiger partial charge in [-0.15, -0.1) is 0 Å². The SMILES string of the molecule is CC(C)(C)OC(=O)CN1CCN(C(=O)NCc2cccc(C[C@H](NC(=O)OCC3c4ccccc4-c4ccccc43)C(=O)O)c2)CC1. The fourth-order valence-corrected chi connectivity index (χ4v) is 6.04.